The molecule has 1 aromatic heterocycles. The summed E-state index contributed by atoms with van der Waals surface area (Å²) in [5.41, 5.74) is 2.41. The Hall–Kier alpha value is -3.76. The van der Waals surface area contributed by atoms with E-state index in [1.165, 1.54) is 0 Å². The maximum atomic E-state index is 14.6. The molecule has 0 fully saturated rings. The Morgan fingerprint density at radius 3 is 2.38 bits per heavy atom. The van der Waals surface area contributed by atoms with Crippen molar-refractivity contribution < 1.29 is 38.0 Å². The minimum absolute atomic E-state index is 0.122. The van der Waals surface area contributed by atoms with E-state index < -0.39 is 41.2 Å². The molecule has 0 aliphatic heterocycles. The highest BCUT2D eigenvalue weighted by Crippen LogP contribution is 2.32. The largest absolute Gasteiger partial charge is 0.470 e. The van der Waals surface area contributed by atoms with Gasteiger partial charge in [0.25, 0.3) is 11.8 Å². The van der Waals surface area contributed by atoms with Crippen LogP contribution in [0.5, 0.6) is 17.5 Å². The molecule has 39 heavy (non-hydrogen) atoms. The van der Waals surface area contributed by atoms with Crippen molar-refractivity contribution in [1.82, 2.24) is 10.3 Å². The lowest BCUT2D eigenvalue weighted by Crippen LogP contribution is -2.32. The number of aromatic nitrogens is 1. The smallest absolute Gasteiger partial charge is 0.407 e. The van der Waals surface area contributed by atoms with E-state index in [0.29, 0.717) is 30.0 Å². The zero-order valence-corrected chi connectivity index (χ0v) is 22.5. The van der Waals surface area contributed by atoms with Gasteiger partial charge in [-0.05, 0) is 74.1 Å². The number of hydrogen-bond acceptors (Lipinski definition) is 7. The first-order valence-corrected chi connectivity index (χ1v) is 12.6. The van der Waals surface area contributed by atoms with Crippen molar-refractivity contribution in [2.24, 2.45) is 0 Å². The zero-order valence-electron chi connectivity index (χ0n) is 22.5. The lowest BCUT2D eigenvalue weighted by Gasteiger charge is -2.19. The van der Waals surface area contributed by atoms with Gasteiger partial charge >= 0.3 is 6.09 Å². The van der Waals surface area contributed by atoms with Gasteiger partial charge in [0.05, 0.1) is 6.61 Å². The number of carbonyl (C=O) groups is 1. The predicted molar refractivity (Wildman–Crippen MR) is 142 cm³/mol. The van der Waals surface area contributed by atoms with Crippen LogP contribution >= 0.6 is 0 Å². The second kappa shape index (κ2) is 13.3. The number of nitrogens with zero attached hydrogens (tertiary/aromatic N) is 1. The fourth-order valence-corrected chi connectivity index (χ4v) is 3.62. The van der Waals surface area contributed by atoms with E-state index in [0.717, 1.165) is 11.1 Å². The van der Waals surface area contributed by atoms with Gasteiger partial charge < -0.3 is 29.7 Å². The van der Waals surface area contributed by atoms with Crippen LogP contribution in [-0.2, 0) is 17.7 Å². The molecule has 3 N–H and O–H groups in total. The number of pyridine rings is 1. The molecule has 2 aromatic carbocycles. The zero-order chi connectivity index (χ0) is 28.6. The summed E-state index contributed by atoms with van der Waals surface area (Å²) in [7, 11) is 0. The van der Waals surface area contributed by atoms with Gasteiger partial charge in [-0.15, -0.1) is 0 Å². The summed E-state index contributed by atoms with van der Waals surface area (Å²) in [6, 6.07) is 13.2. The van der Waals surface area contributed by atoms with Crippen molar-refractivity contribution in [1.29, 1.82) is 0 Å². The van der Waals surface area contributed by atoms with Crippen LogP contribution in [0.2, 0.25) is 0 Å². The average molecular weight is 545 g/mol. The Morgan fingerprint density at radius 2 is 1.72 bits per heavy atom. The predicted octanol–water partition coefficient (Wildman–Crippen LogP) is 5.53. The summed E-state index contributed by atoms with van der Waals surface area (Å²) in [6.45, 7) is 6.85. The number of hydrogen-bond donors (Lipinski definition) is 3. The molecule has 1 heterocycles. The van der Waals surface area contributed by atoms with E-state index in [1.807, 2.05) is 30.3 Å². The number of halogens is 2. The number of nitrogens with one attached hydrogen (secondary N) is 1. The van der Waals surface area contributed by atoms with Crippen molar-refractivity contribution in [3.05, 3.63) is 71.3 Å². The van der Waals surface area contributed by atoms with Gasteiger partial charge in [0, 0.05) is 19.2 Å². The molecule has 0 saturated carbocycles. The van der Waals surface area contributed by atoms with Crippen LogP contribution in [0.4, 0.5) is 13.6 Å². The normalized spacial score (nSPS) is 12.1. The first kappa shape index (κ1) is 29.8. The maximum absolute atomic E-state index is 14.6. The Balaban J connectivity index is 1.88. The molecule has 10 heteroatoms. The molecule has 0 aliphatic carbocycles. The van der Waals surface area contributed by atoms with Crippen LogP contribution in [0.1, 0.15) is 45.2 Å². The fraction of sp³-hybridized carbons (Fsp3) is 0.379. The second-order valence-electron chi connectivity index (χ2n) is 9.89. The van der Waals surface area contributed by atoms with Gasteiger partial charge in [-0.1, -0.05) is 31.2 Å². The molecule has 0 aliphatic rings. The minimum atomic E-state index is -1.03. The van der Waals surface area contributed by atoms with Crippen LogP contribution < -0.4 is 14.8 Å². The molecule has 210 valence electrons. The lowest BCUT2D eigenvalue weighted by molar-refractivity contribution is 0.0523. The van der Waals surface area contributed by atoms with Crippen molar-refractivity contribution in [3.8, 4) is 28.6 Å². The van der Waals surface area contributed by atoms with E-state index >= 15 is 0 Å². The van der Waals surface area contributed by atoms with Gasteiger partial charge in [0.1, 0.15) is 17.5 Å². The van der Waals surface area contributed by atoms with Crippen LogP contribution in [0, 0.1) is 11.6 Å². The van der Waals surface area contributed by atoms with Crippen LogP contribution in [-0.4, -0.2) is 46.2 Å². The topological polar surface area (TPSA) is 110 Å². The van der Waals surface area contributed by atoms with E-state index in [2.05, 4.69) is 10.3 Å². The van der Waals surface area contributed by atoms with Gasteiger partial charge in [0.15, 0.2) is 11.6 Å². The highest BCUT2D eigenvalue weighted by atomic mass is 19.1. The quantitative estimate of drug-likeness (QED) is 0.291. The van der Waals surface area contributed by atoms with Crippen molar-refractivity contribution >= 4 is 6.09 Å². The highest BCUT2D eigenvalue weighted by molar-refractivity contribution is 5.69. The molecule has 3 aromatic rings. The molecule has 8 nitrogen and oxygen atoms in total. The number of benzene rings is 2. The Labute approximate surface area is 226 Å². The van der Waals surface area contributed by atoms with Gasteiger partial charge in [-0.25, -0.2) is 13.6 Å². The van der Waals surface area contributed by atoms with Crippen LogP contribution in [0.25, 0.3) is 11.1 Å². The molecule has 0 bridgehead atoms. The highest BCUT2D eigenvalue weighted by Gasteiger charge is 2.19. The Bertz CT molecular complexity index is 1280. The van der Waals surface area contributed by atoms with E-state index in [9.17, 15) is 23.8 Å². The maximum Gasteiger partial charge on any atom is 0.407 e. The van der Waals surface area contributed by atoms with Gasteiger partial charge in [0.2, 0.25) is 0 Å². The molecular weight excluding hydrogens is 510 g/mol. The molecular formula is C29H34F2N2O6. The molecule has 0 saturated heterocycles. The molecule has 1 amide bonds. The lowest BCUT2D eigenvalue weighted by atomic mass is 9.99. The molecule has 1 atom stereocenters. The van der Waals surface area contributed by atoms with E-state index in [1.54, 1.807) is 39.8 Å². The van der Waals surface area contributed by atoms with Crippen molar-refractivity contribution in [3.63, 3.8) is 0 Å². The summed E-state index contributed by atoms with van der Waals surface area (Å²) >= 11 is 0. The number of carbonyl (C=O) groups excluding carboxylic acids is 1. The summed E-state index contributed by atoms with van der Waals surface area (Å²) < 4.78 is 45.2. The third kappa shape index (κ3) is 8.90. The van der Waals surface area contributed by atoms with Gasteiger partial charge in [-0.2, -0.15) is 4.98 Å². The summed E-state index contributed by atoms with van der Waals surface area (Å²) in [5.74, 6) is -2.81. The first-order chi connectivity index (χ1) is 18.5. The molecule has 0 radical (unpaired) electrons. The average Bonchev–Trinajstić information content (AvgIpc) is 2.87. The number of amides is 1. The van der Waals surface area contributed by atoms with Crippen LogP contribution in [0.15, 0.2) is 48.5 Å². The number of ether oxygens (including phenoxy) is 3. The summed E-state index contributed by atoms with van der Waals surface area (Å²) in [5, 5.41) is 21.6. The monoisotopic (exact) mass is 544 g/mol. The van der Waals surface area contributed by atoms with E-state index in [4.69, 9.17) is 14.2 Å². The van der Waals surface area contributed by atoms with Gasteiger partial charge in [-0.3, -0.25) is 0 Å². The SMILES string of the molecule is CCC(CO)Oc1nc(Oc2cc(CCO)cc(-c3cccc(CNC(=O)OC(C)(C)C)c3)c2)c(F)cc1F. The van der Waals surface area contributed by atoms with Crippen LogP contribution in [0.3, 0.4) is 0 Å². The standard InChI is InChI=1S/C29H34F2N2O6/c1-5-22(17-35)37-26-24(30)15-25(31)27(33-26)38-23-13-18(9-10-34)11-21(14-23)20-8-6-7-19(12-20)16-32-28(36)39-29(2,3)4/h6-8,11-15,22,34-35H,5,9-10,16-17H2,1-4H3,(H,32,36). The van der Waals surface area contributed by atoms with Crippen molar-refractivity contribution in [2.75, 3.05) is 13.2 Å². The third-order valence-electron chi connectivity index (χ3n) is 5.48. The molecule has 1 unspecified atom stereocenters. The number of aliphatic hydroxyl groups excluding tert-OH is 2. The first-order valence-electron chi connectivity index (χ1n) is 12.6. The van der Waals surface area contributed by atoms with E-state index in [-0.39, 0.29) is 25.5 Å². The Morgan fingerprint density at radius 1 is 1.00 bits per heavy atom. The summed E-state index contributed by atoms with van der Waals surface area (Å²) in [4.78, 5) is 15.9. The number of aliphatic hydroxyl groups is 2. The summed E-state index contributed by atoms with van der Waals surface area (Å²) in [6.07, 6.45) is -0.534. The fourth-order valence-electron chi connectivity index (χ4n) is 3.62. The number of rotatable bonds is 11. The second-order valence-corrected chi connectivity index (χ2v) is 9.89. The molecule has 0 spiro atoms. The molecule has 3 rings (SSSR count). The van der Waals surface area contributed by atoms with Crippen molar-refractivity contribution in [2.45, 2.75) is 58.8 Å². The third-order valence-corrected chi connectivity index (χ3v) is 5.48. The number of alkyl carbamates (subject to hydrolysis) is 1. The Kier molecular flexibility index (Phi) is 10.2. The minimum Gasteiger partial charge on any atom is -0.470 e.